The van der Waals surface area contributed by atoms with Gasteiger partial charge in [-0.3, -0.25) is 9.59 Å². The van der Waals surface area contributed by atoms with Crippen molar-refractivity contribution in [1.29, 1.82) is 0 Å². The second kappa shape index (κ2) is 4.54. The summed E-state index contributed by atoms with van der Waals surface area (Å²) in [5.74, 6) is -2.90. The Labute approximate surface area is 89.3 Å². The van der Waals surface area contributed by atoms with Gasteiger partial charge in [0.2, 0.25) is 0 Å². The van der Waals surface area contributed by atoms with Crippen LogP contribution in [0.25, 0.3) is 0 Å². The van der Waals surface area contributed by atoms with Crippen LogP contribution < -0.4 is 0 Å². The second-order valence-electron chi connectivity index (χ2n) is 3.43. The van der Waals surface area contributed by atoms with Crippen LogP contribution in [0.5, 0.6) is 0 Å². The molecule has 0 atom stereocenters. The van der Waals surface area contributed by atoms with Gasteiger partial charge in [0.25, 0.3) is 0 Å². The van der Waals surface area contributed by atoms with Gasteiger partial charge in [0.05, 0.1) is 6.42 Å². The van der Waals surface area contributed by atoms with Gasteiger partial charge in [0, 0.05) is 13.1 Å². The van der Waals surface area contributed by atoms with Gasteiger partial charge in [-0.2, -0.15) is 13.2 Å². The minimum atomic E-state index is -4.86. The van der Waals surface area contributed by atoms with Crippen molar-refractivity contribution in [2.75, 3.05) is 13.1 Å². The fraction of sp³-hybridized carbons (Fsp3) is 0.556. The lowest BCUT2D eigenvalue weighted by Gasteiger charge is -2.26. The molecule has 0 saturated carbocycles. The van der Waals surface area contributed by atoms with Crippen molar-refractivity contribution in [2.45, 2.75) is 19.0 Å². The topological polar surface area (TPSA) is 57.6 Å². The monoisotopic (exact) mass is 237 g/mol. The third kappa shape index (κ3) is 3.25. The first-order valence-corrected chi connectivity index (χ1v) is 4.56. The summed E-state index contributed by atoms with van der Waals surface area (Å²) >= 11 is 0. The maximum Gasteiger partial charge on any atom is 0.471 e. The van der Waals surface area contributed by atoms with Gasteiger partial charge in [-0.1, -0.05) is 11.6 Å². The van der Waals surface area contributed by atoms with E-state index in [9.17, 15) is 22.8 Å². The van der Waals surface area contributed by atoms with E-state index in [1.165, 1.54) is 6.08 Å². The predicted octanol–water partition coefficient (Wildman–Crippen LogP) is 1.18. The van der Waals surface area contributed by atoms with E-state index >= 15 is 0 Å². The highest BCUT2D eigenvalue weighted by atomic mass is 19.4. The van der Waals surface area contributed by atoms with E-state index in [0.29, 0.717) is 10.5 Å². The van der Waals surface area contributed by atoms with Crippen LogP contribution in [-0.4, -0.2) is 41.1 Å². The van der Waals surface area contributed by atoms with Gasteiger partial charge in [-0.15, -0.1) is 0 Å². The molecule has 90 valence electrons. The Hall–Kier alpha value is -1.53. The van der Waals surface area contributed by atoms with Crippen molar-refractivity contribution < 1.29 is 27.9 Å². The first kappa shape index (κ1) is 12.5. The summed E-state index contributed by atoms with van der Waals surface area (Å²) in [6, 6.07) is 0. The van der Waals surface area contributed by atoms with Crippen LogP contribution in [0.3, 0.4) is 0 Å². The number of carbonyl (C=O) groups excluding carboxylic acids is 1. The summed E-state index contributed by atoms with van der Waals surface area (Å²) in [5.41, 5.74) is 0.554. The Kier molecular flexibility index (Phi) is 3.56. The standard InChI is InChI=1S/C9H10F3NO3/c10-9(11,12)8(16)13-3-1-6(2-4-13)5-7(14)15/h1H,2-5H2,(H,14,15). The lowest BCUT2D eigenvalue weighted by molar-refractivity contribution is -0.185. The summed E-state index contributed by atoms with van der Waals surface area (Å²) in [6.45, 7) is -0.265. The minimum absolute atomic E-state index is 0.0859. The molecule has 1 rings (SSSR count). The zero-order chi connectivity index (χ0) is 12.3. The summed E-state index contributed by atoms with van der Waals surface area (Å²) < 4.78 is 36.1. The molecular formula is C9H10F3NO3. The number of hydrogen-bond donors (Lipinski definition) is 1. The molecule has 16 heavy (non-hydrogen) atoms. The van der Waals surface area contributed by atoms with Gasteiger partial charge in [-0.05, 0) is 6.42 Å². The highest BCUT2D eigenvalue weighted by Gasteiger charge is 2.42. The Morgan fingerprint density at radius 1 is 1.44 bits per heavy atom. The number of halogens is 3. The zero-order valence-corrected chi connectivity index (χ0v) is 8.25. The average Bonchev–Trinajstić information content (AvgIpc) is 2.15. The summed E-state index contributed by atoms with van der Waals surface area (Å²) in [5, 5.41) is 8.47. The van der Waals surface area contributed by atoms with Gasteiger partial charge in [-0.25, -0.2) is 0 Å². The van der Waals surface area contributed by atoms with E-state index in [-0.39, 0.29) is 25.9 Å². The number of hydrogen-bond acceptors (Lipinski definition) is 2. The molecule has 1 aliphatic rings. The third-order valence-electron chi connectivity index (χ3n) is 2.21. The molecule has 0 bridgehead atoms. The number of carboxylic acids is 1. The number of alkyl halides is 3. The normalized spacial score (nSPS) is 16.9. The van der Waals surface area contributed by atoms with Crippen LogP contribution in [0.4, 0.5) is 13.2 Å². The van der Waals surface area contributed by atoms with Crippen molar-refractivity contribution in [3.05, 3.63) is 11.6 Å². The van der Waals surface area contributed by atoms with Crippen molar-refractivity contribution in [3.63, 3.8) is 0 Å². The number of amides is 1. The molecule has 1 N–H and O–H groups in total. The minimum Gasteiger partial charge on any atom is -0.481 e. The molecule has 0 aromatic carbocycles. The molecule has 4 nitrogen and oxygen atoms in total. The number of aliphatic carboxylic acids is 1. The maximum atomic E-state index is 12.0. The molecule has 1 aliphatic heterocycles. The smallest absolute Gasteiger partial charge is 0.471 e. The molecule has 1 amide bonds. The van der Waals surface area contributed by atoms with Crippen molar-refractivity contribution in [3.8, 4) is 0 Å². The SMILES string of the molecule is O=C(O)CC1=CCN(C(=O)C(F)(F)F)CC1. The Morgan fingerprint density at radius 2 is 2.06 bits per heavy atom. The van der Waals surface area contributed by atoms with E-state index in [1.54, 1.807) is 0 Å². The Morgan fingerprint density at radius 3 is 2.44 bits per heavy atom. The van der Waals surface area contributed by atoms with Crippen LogP contribution in [0.1, 0.15) is 12.8 Å². The third-order valence-corrected chi connectivity index (χ3v) is 2.21. The first-order valence-electron chi connectivity index (χ1n) is 4.56. The van der Waals surface area contributed by atoms with Crippen LogP contribution >= 0.6 is 0 Å². The lowest BCUT2D eigenvalue weighted by atomic mass is 10.1. The maximum absolute atomic E-state index is 12.0. The predicted molar refractivity (Wildman–Crippen MR) is 47.6 cm³/mol. The van der Waals surface area contributed by atoms with Gasteiger partial charge < -0.3 is 10.0 Å². The summed E-state index contributed by atoms with van der Waals surface area (Å²) in [6.07, 6.45) is -3.51. The van der Waals surface area contributed by atoms with E-state index in [4.69, 9.17) is 5.11 Å². The number of nitrogens with zero attached hydrogens (tertiary/aromatic N) is 1. The van der Waals surface area contributed by atoms with Crippen LogP contribution in [0.15, 0.2) is 11.6 Å². The summed E-state index contributed by atoms with van der Waals surface area (Å²) in [7, 11) is 0. The zero-order valence-electron chi connectivity index (χ0n) is 8.25. The van der Waals surface area contributed by atoms with Crippen molar-refractivity contribution in [2.24, 2.45) is 0 Å². The lowest BCUT2D eigenvalue weighted by Crippen LogP contribution is -2.43. The highest BCUT2D eigenvalue weighted by Crippen LogP contribution is 2.22. The molecule has 0 saturated heterocycles. The number of rotatable bonds is 2. The molecule has 1 heterocycles. The summed E-state index contributed by atoms with van der Waals surface area (Å²) in [4.78, 5) is 21.8. The molecule has 0 unspecified atom stereocenters. The van der Waals surface area contributed by atoms with Gasteiger partial charge in [0.15, 0.2) is 0 Å². The molecule has 0 aromatic rings. The first-order chi connectivity index (χ1) is 7.30. The van der Waals surface area contributed by atoms with Gasteiger partial charge in [0.1, 0.15) is 0 Å². The van der Waals surface area contributed by atoms with E-state index < -0.39 is 18.1 Å². The molecule has 0 aromatic heterocycles. The van der Waals surface area contributed by atoms with E-state index in [2.05, 4.69) is 0 Å². The van der Waals surface area contributed by atoms with Crippen LogP contribution in [0, 0.1) is 0 Å². The number of carbonyl (C=O) groups is 2. The van der Waals surface area contributed by atoms with E-state index in [0.717, 1.165) is 0 Å². The Balaban J connectivity index is 2.57. The average molecular weight is 237 g/mol. The van der Waals surface area contributed by atoms with Crippen molar-refractivity contribution in [1.82, 2.24) is 4.90 Å². The second-order valence-corrected chi connectivity index (χ2v) is 3.43. The van der Waals surface area contributed by atoms with Crippen LogP contribution in [0.2, 0.25) is 0 Å². The Bertz CT molecular complexity index is 335. The highest BCUT2D eigenvalue weighted by molar-refractivity contribution is 5.82. The van der Waals surface area contributed by atoms with Gasteiger partial charge >= 0.3 is 18.1 Å². The largest absolute Gasteiger partial charge is 0.481 e. The van der Waals surface area contributed by atoms with E-state index in [1.807, 2.05) is 0 Å². The molecule has 0 spiro atoms. The fourth-order valence-electron chi connectivity index (χ4n) is 1.43. The number of carboxylic acid groups (broad SMARTS) is 1. The van der Waals surface area contributed by atoms with Crippen molar-refractivity contribution >= 4 is 11.9 Å². The molecule has 0 aliphatic carbocycles. The molecule has 0 fully saturated rings. The molecular weight excluding hydrogens is 227 g/mol. The van der Waals surface area contributed by atoms with Crippen LogP contribution in [-0.2, 0) is 9.59 Å². The molecule has 7 heteroatoms. The fourth-order valence-corrected chi connectivity index (χ4v) is 1.43. The molecule has 0 radical (unpaired) electrons. The quantitative estimate of drug-likeness (QED) is 0.734.